The number of piperidine rings is 1. The van der Waals surface area contributed by atoms with Crippen LogP contribution in [0, 0.1) is 6.92 Å². The molecule has 6 nitrogen and oxygen atoms in total. The number of rotatable bonds is 4. The highest BCUT2D eigenvalue weighted by Crippen LogP contribution is 2.29. The van der Waals surface area contributed by atoms with Gasteiger partial charge in [0.15, 0.2) is 11.5 Å². The number of fused-ring (bicyclic) bond motifs is 1. The summed E-state index contributed by atoms with van der Waals surface area (Å²) in [6, 6.07) is 5.65. The molecular weight excluding hydrogens is 338 g/mol. The van der Waals surface area contributed by atoms with Gasteiger partial charge in [0.1, 0.15) is 0 Å². The predicted octanol–water partition coefficient (Wildman–Crippen LogP) is 3.14. The normalized spacial score (nSPS) is 16.6. The third-order valence-corrected chi connectivity index (χ3v) is 5.02. The molecule has 0 radical (unpaired) electrons. The first-order valence-corrected chi connectivity index (χ1v) is 8.74. The van der Waals surface area contributed by atoms with Crippen molar-refractivity contribution in [2.24, 2.45) is 0 Å². The molecule has 0 aliphatic carbocycles. The van der Waals surface area contributed by atoms with Crippen LogP contribution < -0.4 is 0 Å². The number of hydrogen-bond donors (Lipinski definition) is 0. The molecule has 0 bridgehead atoms. The van der Waals surface area contributed by atoms with Crippen LogP contribution in [-0.2, 0) is 6.54 Å². The molecule has 3 aromatic rings. The van der Waals surface area contributed by atoms with Gasteiger partial charge in [-0.05, 0) is 56.6 Å². The van der Waals surface area contributed by atoms with Gasteiger partial charge in [-0.2, -0.15) is 9.61 Å². The summed E-state index contributed by atoms with van der Waals surface area (Å²) in [5.74, 6) is 1.14. The van der Waals surface area contributed by atoms with Crippen molar-refractivity contribution in [1.82, 2.24) is 29.7 Å². The summed E-state index contributed by atoms with van der Waals surface area (Å²) < 4.78 is 28.0. The predicted molar refractivity (Wildman–Crippen MR) is 92.0 cm³/mol. The summed E-state index contributed by atoms with van der Waals surface area (Å²) in [5, 5.41) is 12.8. The van der Waals surface area contributed by atoms with Gasteiger partial charge in [-0.1, -0.05) is 0 Å². The average molecular weight is 358 g/mol. The first kappa shape index (κ1) is 17.0. The van der Waals surface area contributed by atoms with E-state index in [0.717, 1.165) is 43.1 Å². The lowest BCUT2D eigenvalue weighted by molar-refractivity contribution is 0.145. The second kappa shape index (κ2) is 7.03. The van der Waals surface area contributed by atoms with Gasteiger partial charge in [-0.25, -0.2) is 8.78 Å². The number of likely N-dealkylation sites (tertiary alicyclic amines) is 1. The zero-order valence-electron chi connectivity index (χ0n) is 14.5. The van der Waals surface area contributed by atoms with E-state index in [-0.39, 0.29) is 5.56 Å². The molecule has 0 aromatic carbocycles. The fourth-order valence-corrected chi connectivity index (χ4v) is 3.53. The first-order valence-electron chi connectivity index (χ1n) is 8.74. The molecule has 0 N–H and O–H groups in total. The topological polar surface area (TPSA) is 59.2 Å². The fraction of sp³-hybridized carbons (Fsp3) is 0.444. The first-order chi connectivity index (χ1) is 12.6. The Bertz CT molecular complexity index is 902. The maximum absolute atomic E-state index is 13.1. The Hall–Kier alpha value is -2.48. The van der Waals surface area contributed by atoms with Crippen LogP contribution in [0.2, 0.25) is 0 Å². The highest BCUT2D eigenvalue weighted by atomic mass is 19.3. The molecule has 1 aliphatic rings. The summed E-state index contributed by atoms with van der Waals surface area (Å²) in [7, 11) is 0. The standard InChI is InChI=1S/C18H20F2N6/c1-12-22-23-17-3-2-16(24-26(12)17)13-5-8-25(9-6-13)11-14-4-7-21-10-15(14)18(19)20/h2-4,7,10,13,18H,5-6,8-9,11H2,1H3. The Morgan fingerprint density at radius 3 is 2.73 bits per heavy atom. The Morgan fingerprint density at radius 1 is 1.15 bits per heavy atom. The second-order valence-corrected chi connectivity index (χ2v) is 6.70. The number of aromatic nitrogens is 5. The van der Waals surface area contributed by atoms with E-state index in [4.69, 9.17) is 0 Å². The van der Waals surface area contributed by atoms with Gasteiger partial charge in [0, 0.05) is 30.4 Å². The molecule has 26 heavy (non-hydrogen) atoms. The molecule has 136 valence electrons. The van der Waals surface area contributed by atoms with E-state index < -0.39 is 6.43 Å². The van der Waals surface area contributed by atoms with E-state index in [9.17, 15) is 8.78 Å². The second-order valence-electron chi connectivity index (χ2n) is 6.70. The molecular formula is C18H20F2N6. The van der Waals surface area contributed by atoms with Crippen molar-refractivity contribution in [3.63, 3.8) is 0 Å². The quantitative estimate of drug-likeness (QED) is 0.717. The molecule has 4 heterocycles. The molecule has 0 spiro atoms. The van der Waals surface area contributed by atoms with Gasteiger partial charge < -0.3 is 0 Å². The number of aryl methyl sites for hydroxylation is 1. The van der Waals surface area contributed by atoms with Crippen LogP contribution in [0.4, 0.5) is 8.78 Å². The number of halogens is 2. The van der Waals surface area contributed by atoms with E-state index in [1.54, 1.807) is 16.8 Å². The zero-order valence-corrected chi connectivity index (χ0v) is 14.5. The van der Waals surface area contributed by atoms with E-state index in [1.807, 2.05) is 19.1 Å². The van der Waals surface area contributed by atoms with Gasteiger partial charge in [-0.3, -0.25) is 9.88 Å². The van der Waals surface area contributed by atoms with E-state index >= 15 is 0 Å². The molecule has 0 saturated carbocycles. The third kappa shape index (κ3) is 3.29. The van der Waals surface area contributed by atoms with Crippen LogP contribution in [0.25, 0.3) is 5.65 Å². The number of pyridine rings is 1. The fourth-order valence-electron chi connectivity index (χ4n) is 3.53. The number of hydrogen-bond acceptors (Lipinski definition) is 5. The third-order valence-electron chi connectivity index (χ3n) is 5.02. The van der Waals surface area contributed by atoms with Crippen LogP contribution in [-0.4, -0.2) is 42.8 Å². The van der Waals surface area contributed by atoms with Gasteiger partial charge in [-0.15, -0.1) is 10.2 Å². The van der Waals surface area contributed by atoms with Crippen molar-refractivity contribution in [2.45, 2.75) is 38.7 Å². The molecule has 8 heteroatoms. The summed E-state index contributed by atoms with van der Waals surface area (Å²) in [6.45, 7) is 4.13. The molecule has 3 aromatic heterocycles. The van der Waals surface area contributed by atoms with Gasteiger partial charge in [0.05, 0.1) is 5.69 Å². The maximum atomic E-state index is 13.1. The van der Waals surface area contributed by atoms with E-state index in [2.05, 4.69) is 25.2 Å². The molecule has 0 amide bonds. The smallest absolute Gasteiger partial charge is 0.265 e. The average Bonchev–Trinajstić information content (AvgIpc) is 3.03. The van der Waals surface area contributed by atoms with Crippen LogP contribution in [0.5, 0.6) is 0 Å². The monoisotopic (exact) mass is 358 g/mol. The Morgan fingerprint density at radius 2 is 1.96 bits per heavy atom. The van der Waals surface area contributed by atoms with E-state index in [1.165, 1.54) is 6.20 Å². The SMILES string of the molecule is Cc1nnc2ccc(C3CCN(Cc4ccncc4C(F)F)CC3)nn12. The minimum atomic E-state index is -2.49. The lowest BCUT2D eigenvalue weighted by atomic mass is 9.93. The van der Waals surface area contributed by atoms with Crippen LogP contribution >= 0.6 is 0 Å². The summed E-state index contributed by atoms with van der Waals surface area (Å²) in [5.41, 5.74) is 2.48. The molecule has 4 rings (SSSR count). The largest absolute Gasteiger partial charge is 0.299 e. The van der Waals surface area contributed by atoms with Crippen LogP contribution in [0.3, 0.4) is 0 Å². The van der Waals surface area contributed by atoms with Crippen LogP contribution in [0.1, 0.15) is 47.8 Å². The Kier molecular flexibility index (Phi) is 4.58. The summed E-state index contributed by atoms with van der Waals surface area (Å²) >= 11 is 0. The van der Waals surface area contributed by atoms with Crippen LogP contribution in [0.15, 0.2) is 30.6 Å². The highest BCUT2D eigenvalue weighted by molar-refractivity contribution is 5.36. The molecule has 0 atom stereocenters. The van der Waals surface area contributed by atoms with Crippen molar-refractivity contribution in [3.05, 3.63) is 53.2 Å². The Balaban J connectivity index is 1.43. The van der Waals surface area contributed by atoms with Crippen molar-refractivity contribution < 1.29 is 8.78 Å². The van der Waals surface area contributed by atoms with Crippen molar-refractivity contribution in [2.75, 3.05) is 13.1 Å². The lowest BCUT2D eigenvalue weighted by Gasteiger charge is -2.32. The Labute approximate surface area is 149 Å². The number of alkyl halides is 2. The summed E-state index contributed by atoms with van der Waals surface area (Å²) in [6.07, 6.45) is 2.27. The molecule has 1 aliphatic heterocycles. The van der Waals surface area contributed by atoms with Gasteiger partial charge >= 0.3 is 0 Å². The van der Waals surface area contributed by atoms with Crippen molar-refractivity contribution in [1.29, 1.82) is 0 Å². The molecule has 1 saturated heterocycles. The zero-order chi connectivity index (χ0) is 18.1. The van der Waals surface area contributed by atoms with Crippen molar-refractivity contribution in [3.8, 4) is 0 Å². The highest BCUT2D eigenvalue weighted by Gasteiger charge is 2.24. The van der Waals surface area contributed by atoms with Gasteiger partial charge in [0.2, 0.25) is 0 Å². The lowest BCUT2D eigenvalue weighted by Crippen LogP contribution is -2.33. The minimum absolute atomic E-state index is 0.0322. The van der Waals surface area contributed by atoms with Gasteiger partial charge in [0.25, 0.3) is 6.43 Å². The molecule has 1 fully saturated rings. The maximum Gasteiger partial charge on any atom is 0.265 e. The molecule has 0 unspecified atom stereocenters. The van der Waals surface area contributed by atoms with E-state index in [0.29, 0.717) is 18.0 Å². The summed E-state index contributed by atoms with van der Waals surface area (Å²) in [4.78, 5) is 6.04. The van der Waals surface area contributed by atoms with Crippen molar-refractivity contribution >= 4 is 5.65 Å². The minimum Gasteiger partial charge on any atom is -0.299 e. The number of nitrogens with zero attached hydrogens (tertiary/aromatic N) is 6.